The Balaban J connectivity index is 1.53. The van der Waals surface area contributed by atoms with Gasteiger partial charge in [0, 0.05) is 6.54 Å². The van der Waals surface area contributed by atoms with Crippen LogP contribution in [0, 0.1) is 16.7 Å². The third kappa shape index (κ3) is 3.76. The Morgan fingerprint density at radius 1 is 1.03 bits per heavy atom. The molecule has 3 aliphatic carbocycles. The van der Waals surface area contributed by atoms with Crippen LogP contribution in [0.5, 0.6) is 11.5 Å². The van der Waals surface area contributed by atoms with Gasteiger partial charge in [-0.2, -0.15) is 0 Å². The Hall–Kier alpha value is -2.04. The highest BCUT2D eigenvalue weighted by Crippen LogP contribution is 2.70. The average Bonchev–Trinajstić information content (AvgIpc) is 3.08. The fourth-order valence-corrected chi connectivity index (χ4v) is 7.73. The average molecular weight is 450 g/mol. The van der Waals surface area contributed by atoms with Crippen molar-refractivity contribution in [3.8, 4) is 11.5 Å². The normalized spacial score (nSPS) is 35.1. The van der Waals surface area contributed by atoms with E-state index in [0.29, 0.717) is 30.1 Å². The lowest BCUT2D eigenvalue weighted by Crippen LogP contribution is -2.52. The standard InChI is InChI=1S/C29H39NO3/c1-28-14-13-20-17-21(31)7-10-23(20)27(28)24(18-29(2)25(28)11-12-26(29)32)19-5-8-22(9-6-19)33-16-15-30(3)4/h5-10,17,24-27,31-32H,11-16,18H2,1-4H3/t24-,25?,26+,27?,28+,29+/m1/s1. The third-order valence-corrected chi connectivity index (χ3v) is 9.36. The summed E-state index contributed by atoms with van der Waals surface area (Å²) in [5, 5.41) is 21.3. The highest BCUT2D eigenvalue weighted by molar-refractivity contribution is 5.45. The summed E-state index contributed by atoms with van der Waals surface area (Å²) in [5.41, 5.74) is 4.13. The lowest BCUT2D eigenvalue weighted by Gasteiger charge is -2.60. The van der Waals surface area contributed by atoms with Crippen LogP contribution >= 0.6 is 0 Å². The van der Waals surface area contributed by atoms with Crippen LogP contribution < -0.4 is 4.74 Å². The second-order valence-electron chi connectivity index (χ2n) is 11.5. The van der Waals surface area contributed by atoms with Gasteiger partial charge in [-0.25, -0.2) is 0 Å². The third-order valence-electron chi connectivity index (χ3n) is 9.36. The summed E-state index contributed by atoms with van der Waals surface area (Å²) in [6.45, 7) is 6.40. The van der Waals surface area contributed by atoms with Crippen LogP contribution in [0.3, 0.4) is 0 Å². The minimum atomic E-state index is -0.224. The number of nitrogens with zero attached hydrogens (tertiary/aromatic N) is 1. The van der Waals surface area contributed by atoms with E-state index in [9.17, 15) is 10.2 Å². The number of ether oxygens (including phenoxy) is 1. The molecule has 2 fully saturated rings. The molecule has 2 aromatic carbocycles. The van der Waals surface area contributed by atoms with Crippen molar-refractivity contribution in [1.82, 2.24) is 4.90 Å². The summed E-state index contributed by atoms with van der Waals surface area (Å²) < 4.78 is 5.95. The number of aliphatic hydroxyl groups is 1. The molecule has 0 spiro atoms. The molecule has 33 heavy (non-hydrogen) atoms. The van der Waals surface area contributed by atoms with Crippen molar-refractivity contribution >= 4 is 0 Å². The summed E-state index contributed by atoms with van der Waals surface area (Å²) in [7, 11) is 4.11. The Kier molecular flexibility index (Phi) is 5.73. The van der Waals surface area contributed by atoms with E-state index in [2.05, 4.69) is 63.2 Å². The number of hydrogen-bond acceptors (Lipinski definition) is 4. The summed E-state index contributed by atoms with van der Waals surface area (Å²) in [6, 6.07) is 14.7. The second kappa shape index (κ2) is 8.32. The van der Waals surface area contributed by atoms with E-state index in [1.54, 1.807) is 0 Å². The molecule has 3 aliphatic rings. The molecule has 0 saturated heterocycles. The Morgan fingerprint density at radius 3 is 2.52 bits per heavy atom. The van der Waals surface area contributed by atoms with Gasteiger partial charge in [-0.05, 0) is 116 Å². The van der Waals surface area contributed by atoms with E-state index in [-0.39, 0.29) is 16.9 Å². The quantitative estimate of drug-likeness (QED) is 0.648. The zero-order valence-corrected chi connectivity index (χ0v) is 20.6. The Morgan fingerprint density at radius 2 is 1.79 bits per heavy atom. The summed E-state index contributed by atoms with van der Waals surface area (Å²) in [6.07, 6.45) is 4.92. The number of aryl methyl sites for hydroxylation is 1. The van der Waals surface area contributed by atoms with Crippen LogP contribution in [0.1, 0.15) is 68.1 Å². The smallest absolute Gasteiger partial charge is 0.119 e. The van der Waals surface area contributed by atoms with Gasteiger partial charge in [-0.1, -0.05) is 32.0 Å². The maximum Gasteiger partial charge on any atom is 0.119 e. The molecule has 5 rings (SSSR count). The predicted octanol–water partition coefficient (Wildman–Crippen LogP) is 5.33. The molecule has 6 atom stereocenters. The van der Waals surface area contributed by atoms with Crippen molar-refractivity contribution in [3.63, 3.8) is 0 Å². The summed E-state index contributed by atoms with van der Waals surface area (Å²) >= 11 is 0. The molecule has 178 valence electrons. The molecule has 4 nitrogen and oxygen atoms in total. The van der Waals surface area contributed by atoms with E-state index >= 15 is 0 Å². The van der Waals surface area contributed by atoms with Crippen molar-refractivity contribution in [3.05, 3.63) is 59.2 Å². The van der Waals surface area contributed by atoms with Crippen molar-refractivity contribution in [2.24, 2.45) is 16.7 Å². The van der Waals surface area contributed by atoms with Crippen molar-refractivity contribution in [2.75, 3.05) is 27.2 Å². The summed E-state index contributed by atoms with van der Waals surface area (Å²) in [5.74, 6) is 2.54. The highest BCUT2D eigenvalue weighted by atomic mass is 16.5. The number of fused-ring (bicyclic) bond motifs is 5. The molecule has 0 heterocycles. The van der Waals surface area contributed by atoms with E-state index in [1.807, 2.05) is 12.1 Å². The predicted molar refractivity (Wildman–Crippen MR) is 132 cm³/mol. The van der Waals surface area contributed by atoms with Crippen molar-refractivity contribution in [2.45, 2.75) is 63.9 Å². The largest absolute Gasteiger partial charge is 0.508 e. The number of phenolic OH excluding ortho intramolecular Hbond substituents is 1. The number of hydrogen-bond donors (Lipinski definition) is 2. The molecular formula is C29H39NO3. The van der Waals surface area contributed by atoms with Crippen LogP contribution in [0.25, 0.3) is 0 Å². The van der Waals surface area contributed by atoms with Gasteiger partial charge in [0.2, 0.25) is 0 Å². The Labute approximate surface area is 198 Å². The first-order chi connectivity index (χ1) is 15.7. The van der Waals surface area contributed by atoms with Gasteiger partial charge < -0.3 is 19.8 Å². The van der Waals surface area contributed by atoms with Crippen LogP contribution in [-0.2, 0) is 6.42 Å². The van der Waals surface area contributed by atoms with Crippen LogP contribution in [0.15, 0.2) is 42.5 Å². The molecule has 0 aromatic heterocycles. The fourth-order valence-electron chi connectivity index (χ4n) is 7.73. The molecule has 0 bridgehead atoms. The van der Waals surface area contributed by atoms with Gasteiger partial charge in [-0.15, -0.1) is 0 Å². The topological polar surface area (TPSA) is 52.9 Å². The maximum absolute atomic E-state index is 11.1. The number of likely N-dealkylation sites (N-methyl/N-ethyl adjacent to an activating group) is 1. The van der Waals surface area contributed by atoms with E-state index in [4.69, 9.17) is 4.74 Å². The number of phenols is 1. The first-order valence-electron chi connectivity index (χ1n) is 12.6. The SMILES string of the molecule is CN(C)CCOc1ccc([C@H]2C[C@@]3(C)C(CC[C@@H]3O)[C@]3(C)CCc4cc(O)ccc4C23)cc1. The molecule has 0 amide bonds. The number of rotatable bonds is 5. The van der Waals surface area contributed by atoms with Gasteiger partial charge in [0.05, 0.1) is 6.10 Å². The van der Waals surface area contributed by atoms with E-state index in [1.165, 1.54) is 16.7 Å². The number of aromatic hydroxyl groups is 1. The van der Waals surface area contributed by atoms with Gasteiger partial charge in [0.15, 0.2) is 0 Å². The van der Waals surface area contributed by atoms with Gasteiger partial charge in [0.25, 0.3) is 0 Å². The van der Waals surface area contributed by atoms with Crippen LogP contribution in [-0.4, -0.2) is 48.5 Å². The first-order valence-corrected chi connectivity index (χ1v) is 12.6. The molecule has 4 heteroatoms. The van der Waals surface area contributed by atoms with Crippen molar-refractivity contribution in [1.29, 1.82) is 0 Å². The molecule has 0 radical (unpaired) electrons. The fraction of sp³-hybridized carbons (Fsp3) is 0.586. The lowest BCUT2D eigenvalue weighted by atomic mass is 9.44. The molecule has 2 aromatic rings. The maximum atomic E-state index is 11.1. The Bertz CT molecular complexity index is 1000. The molecular weight excluding hydrogens is 410 g/mol. The van der Waals surface area contributed by atoms with Crippen LogP contribution in [0.4, 0.5) is 0 Å². The summed E-state index contributed by atoms with van der Waals surface area (Å²) in [4.78, 5) is 2.12. The van der Waals surface area contributed by atoms with E-state index < -0.39 is 0 Å². The zero-order chi connectivity index (χ0) is 23.4. The molecule has 2 saturated carbocycles. The zero-order valence-electron chi connectivity index (χ0n) is 20.6. The molecule has 2 N–H and O–H groups in total. The lowest BCUT2D eigenvalue weighted by molar-refractivity contribution is -0.0768. The highest BCUT2D eigenvalue weighted by Gasteiger charge is 2.62. The number of benzene rings is 2. The van der Waals surface area contributed by atoms with Crippen molar-refractivity contribution < 1.29 is 14.9 Å². The van der Waals surface area contributed by atoms with Gasteiger partial charge in [0.1, 0.15) is 18.1 Å². The monoisotopic (exact) mass is 449 g/mol. The number of aliphatic hydroxyl groups excluding tert-OH is 1. The molecule has 0 aliphatic heterocycles. The van der Waals surface area contributed by atoms with Gasteiger partial charge >= 0.3 is 0 Å². The van der Waals surface area contributed by atoms with Gasteiger partial charge in [-0.3, -0.25) is 0 Å². The minimum absolute atomic E-state index is 0.0504. The minimum Gasteiger partial charge on any atom is -0.508 e. The van der Waals surface area contributed by atoms with Crippen LogP contribution in [0.2, 0.25) is 0 Å². The second-order valence-corrected chi connectivity index (χ2v) is 11.5. The van der Waals surface area contributed by atoms with E-state index in [0.717, 1.165) is 44.4 Å². The molecule has 2 unspecified atom stereocenters. The first kappa shape index (κ1) is 22.7.